The molecule has 0 fully saturated rings. The highest BCUT2D eigenvalue weighted by molar-refractivity contribution is 5.99. The molecule has 0 aliphatic rings. The number of aliphatic imine (C=N–C) groups is 1. The second kappa shape index (κ2) is 32.3. The molecule has 29 nitrogen and oxygen atoms in total. The number of guanidine groups is 1. The predicted octanol–water partition coefficient (Wildman–Crippen LogP) is -6.40. The van der Waals surface area contributed by atoms with Crippen LogP contribution in [0.4, 0.5) is 0 Å². The Balaban J connectivity index is 3.20. The summed E-state index contributed by atoms with van der Waals surface area (Å²) in [7, 11) is 0. The fourth-order valence-electron chi connectivity index (χ4n) is 6.54. The van der Waals surface area contributed by atoms with Gasteiger partial charge in [-0.2, -0.15) is 0 Å². The Labute approximate surface area is 420 Å². The molecule has 408 valence electrons. The molecule has 0 aliphatic carbocycles. The van der Waals surface area contributed by atoms with Crippen molar-refractivity contribution >= 4 is 71.1 Å². The Kier molecular flexibility index (Phi) is 28.1. The van der Waals surface area contributed by atoms with Gasteiger partial charge in [0.05, 0.1) is 32.7 Å². The van der Waals surface area contributed by atoms with Crippen molar-refractivity contribution in [3.05, 3.63) is 29.8 Å². The van der Waals surface area contributed by atoms with Crippen LogP contribution in [0, 0.1) is 11.8 Å². The highest BCUT2D eigenvalue weighted by atomic mass is 16.4. The number of carboxylic acid groups (broad SMARTS) is 2. The van der Waals surface area contributed by atoms with E-state index in [4.69, 9.17) is 17.2 Å². The average molecular weight is 1040 g/mol. The molecule has 1 aromatic carbocycles. The molecule has 20 N–H and O–H groups in total. The topological polar surface area (TPSA) is 488 Å². The first-order valence-corrected chi connectivity index (χ1v) is 23.1. The number of hydrogen-bond donors (Lipinski definition) is 17. The Bertz CT molecular complexity index is 2110. The van der Waals surface area contributed by atoms with E-state index in [9.17, 15) is 78.3 Å². The molecule has 0 heterocycles. The summed E-state index contributed by atoms with van der Waals surface area (Å²) in [6.07, 6.45) is -0.927. The number of rotatable bonds is 33. The Hall–Kier alpha value is -7.66. The summed E-state index contributed by atoms with van der Waals surface area (Å²) in [4.78, 5) is 146. The van der Waals surface area contributed by atoms with Crippen LogP contribution in [0.15, 0.2) is 29.3 Å². The number of phenols is 1. The van der Waals surface area contributed by atoms with Crippen molar-refractivity contribution in [2.45, 2.75) is 121 Å². The van der Waals surface area contributed by atoms with Crippen LogP contribution in [0.5, 0.6) is 5.75 Å². The quantitative estimate of drug-likeness (QED) is 0.0177. The number of carboxylic acids is 2. The van der Waals surface area contributed by atoms with E-state index in [1.807, 2.05) is 0 Å². The number of carbonyl (C=O) groups excluding carboxylic acids is 9. The van der Waals surface area contributed by atoms with Gasteiger partial charge in [-0.15, -0.1) is 0 Å². The van der Waals surface area contributed by atoms with E-state index in [1.54, 1.807) is 27.7 Å². The van der Waals surface area contributed by atoms with Crippen LogP contribution in [-0.4, -0.2) is 178 Å². The third-order valence-electron chi connectivity index (χ3n) is 10.7. The summed E-state index contributed by atoms with van der Waals surface area (Å²) in [6, 6.07) is -6.61. The number of amides is 9. The zero-order valence-electron chi connectivity index (χ0n) is 41.3. The van der Waals surface area contributed by atoms with Crippen LogP contribution >= 0.6 is 0 Å². The molecule has 1 aromatic rings. The van der Waals surface area contributed by atoms with Crippen LogP contribution < -0.4 is 65.1 Å². The number of aliphatic hydroxyl groups excluding tert-OH is 2. The molecule has 0 radical (unpaired) electrons. The van der Waals surface area contributed by atoms with Gasteiger partial charge in [-0.25, -0.2) is 4.79 Å². The molecule has 9 amide bonds. The van der Waals surface area contributed by atoms with Crippen LogP contribution in [-0.2, 0) is 59.2 Å². The molecule has 1 rings (SSSR count). The van der Waals surface area contributed by atoms with Gasteiger partial charge in [0.25, 0.3) is 0 Å². The number of nitrogens with two attached hydrogens (primary N) is 3. The SMILES string of the molecule is CC[C@H](C)[C@H](NC(=O)[C@H](Cc1ccc(O)cc1)NC(=O)[C@H](CO)NC(=O)CN)C(=O)N[C@@H](C)C(=O)N[C@@H](CC(C)C)C(=O)N[C@@H](CC(=O)O)C(=O)N[C@@H](CO)C(=O)NCC(=O)N[C@@H](CCCN=C(N)N)C(=O)O. The van der Waals surface area contributed by atoms with Crippen molar-refractivity contribution in [1.29, 1.82) is 0 Å². The van der Waals surface area contributed by atoms with Crippen molar-refractivity contribution < 1.29 is 78.3 Å². The van der Waals surface area contributed by atoms with Gasteiger partial charge in [-0.1, -0.05) is 46.2 Å². The lowest BCUT2D eigenvalue weighted by molar-refractivity contribution is -0.142. The zero-order valence-corrected chi connectivity index (χ0v) is 41.3. The third kappa shape index (κ3) is 23.9. The summed E-state index contributed by atoms with van der Waals surface area (Å²) in [5.41, 5.74) is 16.2. The minimum absolute atomic E-state index is 0.0745. The Morgan fingerprint density at radius 3 is 1.67 bits per heavy atom. The molecule has 9 atom stereocenters. The van der Waals surface area contributed by atoms with Gasteiger partial charge in [0.2, 0.25) is 53.2 Å². The molecule has 0 saturated heterocycles. The third-order valence-corrected chi connectivity index (χ3v) is 10.7. The fraction of sp³-hybridized carbons (Fsp3) is 0.591. The molecule has 0 saturated carbocycles. The summed E-state index contributed by atoms with van der Waals surface area (Å²) >= 11 is 0. The van der Waals surface area contributed by atoms with Gasteiger partial charge in [0.1, 0.15) is 54.1 Å². The number of aromatic hydroxyl groups is 1. The maximum Gasteiger partial charge on any atom is 0.326 e. The maximum absolute atomic E-state index is 13.9. The first-order valence-electron chi connectivity index (χ1n) is 23.1. The van der Waals surface area contributed by atoms with Gasteiger partial charge in [0, 0.05) is 13.0 Å². The van der Waals surface area contributed by atoms with Crippen LogP contribution in [0.1, 0.15) is 72.3 Å². The monoisotopic (exact) mass is 1040 g/mol. The molecule has 0 aliphatic heterocycles. The molecule has 0 unspecified atom stereocenters. The lowest BCUT2D eigenvalue weighted by Gasteiger charge is -2.29. The van der Waals surface area contributed by atoms with Gasteiger partial charge in [-0.3, -0.25) is 52.9 Å². The number of benzene rings is 1. The van der Waals surface area contributed by atoms with E-state index >= 15 is 0 Å². The summed E-state index contributed by atoms with van der Waals surface area (Å²) in [6.45, 7) is 4.78. The lowest BCUT2D eigenvalue weighted by atomic mass is 9.96. The molecule has 0 aromatic heterocycles. The predicted molar refractivity (Wildman–Crippen MR) is 258 cm³/mol. The van der Waals surface area contributed by atoms with E-state index in [0.29, 0.717) is 12.0 Å². The summed E-state index contributed by atoms with van der Waals surface area (Å²) in [5, 5.41) is 69.3. The summed E-state index contributed by atoms with van der Waals surface area (Å²) in [5.74, 6) is -13.1. The maximum atomic E-state index is 13.9. The van der Waals surface area contributed by atoms with Crippen molar-refractivity contribution in [3.63, 3.8) is 0 Å². The van der Waals surface area contributed by atoms with Crippen LogP contribution in [0.25, 0.3) is 0 Å². The number of aliphatic carboxylic acids is 2. The van der Waals surface area contributed by atoms with Crippen molar-refractivity contribution in [1.82, 2.24) is 47.9 Å². The molecular formula is C44H71N13O16. The van der Waals surface area contributed by atoms with Crippen molar-refractivity contribution in [2.75, 3.05) is 32.8 Å². The number of carbonyl (C=O) groups is 11. The normalized spacial score (nSPS) is 14.6. The minimum atomic E-state index is -1.91. The fourth-order valence-corrected chi connectivity index (χ4v) is 6.54. The first-order chi connectivity index (χ1) is 34.3. The Morgan fingerprint density at radius 1 is 0.616 bits per heavy atom. The minimum Gasteiger partial charge on any atom is -0.508 e. The molecule has 0 spiro atoms. The highest BCUT2D eigenvalue weighted by Crippen LogP contribution is 2.14. The van der Waals surface area contributed by atoms with Crippen molar-refractivity contribution in [2.24, 2.45) is 34.0 Å². The molecule has 0 bridgehead atoms. The smallest absolute Gasteiger partial charge is 0.326 e. The standard InChI is InChI=1S/C44H71N13O16/c1-6-22(4)35(57-40(69)28(15-24-9-11-25(60)12-10-24)54-41(70)31(20-59)52-32(61)17-45)42(71)50-23(5)36(65)53-27(14-21(2)3)38(67)55-29(16-34(63)64)39(68)56-30(19-58)37(66)49-18-33(62)51-26(43(72)73)8-7-13-48-44(46)47/h9-12,21-23,26-31,35,58-60H,6-8,13-20,45H2,1-5H3,(H,49,66)(H,50,71)(H,51,62)(H,52,61)(H,53,65)(H,54,70)(H,55,67)(H,56,68)(H,57,69)(H,63,64)(H,72,73)(H4,46,47,48)/t22-,23-,26-,27-,28-,29-,30-,31-,35-/m0/s1. The largest absolute Gasteiger partial charge is 0.508 e. The Morgan fingerprint density at radius 2 is 1.14 bits per heavy atom. The lowest BCUT2D eigenvalue weighted by Crippen LogP contribution is -2.61. The highest BCUT2D eigenvalue weighted by Gasteiger charge is 2.35. The second-order valence-corrected chi connectivity index (χ2v) is 17.3. The number of phenolic OH excluding ortho intramolecular Hbond substituents is 1. The molecule has 73 heavy (non-hydrogen) atoms. The van der Waals surface area contributed by atoms with E-state index < -0.39 is 152 Å². The van der Waals surface area contributed by atoms with Crippen LogP contribution in [0.3, 0.4) is 0 Å². The molecule has 29 heteroatoms. The molecular weight excluding hydrogens is 967 g/mol. The zero-order chi connectivity index (χ0) is 55.5. The summed E-state index contributed by atoms with van der Waals surface area (Å²) < 4.78 is 0. The first kappa shape index (κ1) is 63.4. The van der Waals surface area contributed by atoms with Gasteiger partial charge in [-0.05, 0) is 55.7 Å². The van der Waals surface area contributed by atoms with Gasteiger partial charge in [0.15, 0.2) is 5.96 Å². The van der Waals surface area contributed by atoms with E-state index in [2.05, 4.69) is 52.8 Å². The average Bonchev–Trinajstić information content (AvgIpc) is 3.32. The van der Waals surface area contributed by atoms with Crippen LogP contribution in [0.2, 0.25) is 0 Å². The van der Waals surface area contributed by atoms with Crippen molar-refractivity contribution in [3.8, 4) is 5.75 Å². The van der Waals surface area contributed by atoms with Gasteiger partial charge < -0.3 is 90.6 Å². The second-order valence-electron chi connectivity index (χ2n) is 17.3. The van der Waals surface area contributed by atoms with E-state index in [1.165, 1.54) is 31.2 Å². The van der Waals surface area contributed by atoms with Gasteiger partial charge >= 0.3 is 11.9 Å². The number of nitrogens with zero attached hydrogens (tertiary/aromatic N) is 1. The number of aliphatic hydroxyl groups is 2. The van der Waals surface area contributed by atoms with E-state index in [0.717, 1.165) is 0 Å². The number of nitrogens with one attached hydrogen (secondary N) is 9. The number of hydrogen-bond acceptors (Lipinski definition) is 16. The van der Waals surface area contributed by atoms with E-state index in [-0.39, 0.29) is 49.9 Å².